The van der Waals surface area contributed by atoms with Crippen LogP contribution in [0.2, 0.25) is 0 Å². The number of hydrogen-bond donors (Lipinski definition) is 2. The lowest BCUT2D eigenvalue weighted by Gasteiger charge is -2.16. The van der Waals surface area contributed by atoms with Crippen LogP contribution < -0.4 is 10.6 Å². The molecule has 1 aromatic carbocycles. The molecule has 1 aliphatic rings. The summed E-state index contributed by atoms with van der Waals surface area (Å²) in [5.41, 5.74) is 1.63. The molecule has 0 bridgehead atoms. The van der Waals surface area contributed by atoms with E-state index in [1.54, 1.807) is 11.9 Å². The molecule has 7 nitrogen and oxygen atoms in total. The minimum absolute atomic E-state index is 0.0120. The smallest absolute Gasteiger partial charge is 0.257 e. The summed E-state index contributed by atoms with van der Waals surface area (Å²) in [5, 5.41) is 5.79. The van der Waals surface area contributed by atoms with Crippen molar-refractivity contribution in [1.82, 2.24) is 20.2 Å². The number of carbonyl (C=O) groups is 2. The first kappa shape index (κ1) is 17.8. The van der Waals surface area contributed by atoms with E-state index in [0.29, 0.717) is 37.6 Å². The van der Waals surface area contributed by atoms with Gasteiger partial charge in [0.1, 0.15) is 0 Å². The summed E-state index contributed by atoms with van der Waals surface area (Å²) < 4.78 is 0. The van der Waals surface area contributed by atoms with Gasteiger partial charge in [-0.3, -0.25) is 9.59 Å². The molecule has 7 heteroatoms. The van der Waals surface area contributed by atoms with Gasteiger partial charge < -0.3 is 15.5 Å². The van der Waals surface area contributed by atoms with Crippen LogP contribution in [0.5, 0.6) is 0 Å². The van der Waals surface area contributed by atoms with Crippen molar-refractivity contribution >= 4 is 17.8 Å². The summed E-state index contributed by atoms with van der Waals surface area (Å²) >= 11 is 0. The summed E-state index contributed by atoms with van der Waals surface area (Å²) in [4.78, 5) is 34.7. The summed E-state index contributed by atoms with van der Waals surface area (Å²) in [6.07, 6.45) is 4.50. The van der Waals surface area contributed by atoms with E-state index >= 15 is 0 Å². The Bertz CT molecular complexity index is 748. The molecule has 0 spiro atoms. The maximum atomic E-state index is 12.5. The highest BCUT2D eigenvalue weighted by atomic mass is 16.2. The summed E-state index contributed by atoms with van der Waals surface area (Å²) in [6.45, 7) is 1.61. The average Bonchev–Trinajstić information content (AvgIpc) is 3.18. The molecule has 1 fully saturated rings. The van der Waals surface area contributed by atoms with Gasteiger partial charge in [-0.25, -0.2) is 9.97 Å². The van der Waals surface area contributed by atoms with Gasteiger partial charge in [-0.1, -0.05) is 30.3 Å². The van der Waals surface area contributed by atoms with Crippen molar-refractivity contribution in [2.75, 3.05) is 32.0 Å². The highest BCUT2D eigenvalue weighted by Gasteiger charge is 2.31. The van der Waals surface area contributed by atoms with Crippen LogP contribution in [-0.2, 0) is 11.2 Å². The van der Waals surface area contributed by atoms with Gasteiger partial charge in [-0.05, 0) is 18.4 Å². The lowest BCUT2D eigenvalue weighted by atomic mass is 10.1. The monoisotopic (exact) mass is 353 g/mol. The van der Waals surface area contributed by atoms with Crippen molar-refractivity contribution in [2.45, 2.75) is 12.8 Å². The summed E-state index contributed by atoms with van der Waals surface area (Å²) in [5.74, 6) is 0.191. The number of anilines is 1. The molecule has 0 aliphatic carbocycles. The predicted molar refractivity (Wildman–Crippen MR) is 98.7 cm³/mol. The number of nitrogens with one attached hydrogen (secondary N) is 2. The van der Waals surface area contributed by atoms with E-state index in [1.165, 1.54) is 18.0 Å². The lowest BCUT2D eigenvalue weighted by molar-refractivity contribution is -0.124. The molecular weight excluding hydrogens is 330 g/mol. The zero-order valence-corrected chi connectivity index (χ0v) is 14.8. The average molecular weight is 353 g/mol. The van der Waals surface area contributed by atoms with Crippen LogP contribution in [0.3, 0.4) is 0 Å². The van der Waals surface area contributed by atoms with Crippen molar-refractivity contribution in [2.24, 2.45) is 5.92 Å². The van der Waals surface area contributed by atoms with Gasteiger partial charge >= 0.3 is 0 Å². The van der Waals surface area contributed by atoms with E-state index in [1.807, 2.05) is 30.3 Å². The van der Waals surface area contributed by atoms with Gasteiger partial charge in [0.15, 0.2) is 0 Å². The molecule has 136 valence electrons. The van der Waals surface area contributed by atoms with Gasteiger partial charge in [0, 0.05) is 39.1 Å². The summed E-state index contributed by atoms with van der Waals surface area (Å²) in [6, 6.07) is 10.0. The second kappa shape index (κ2) is 8.42. The molecular formula is C19H23N5O2. The molecule has 1 saturated heterocycles. The van der Waals surface area contributed by atoms with E-state index in [9.17, 15) is 9.59 Å². The van der Waals surface area contributed by atoms with Crippen LogP contribution in [0, 0.1) is 5.92 Å². The number of hydrogen-bond acceptors (Lipinski definition) is 5. The fourth-order valence-corrected chi connectivity index (χ4v) is 3.03. The molecule has 0 radical (unpaired) electrons. The number of rotatable bonds is 6. The maximum absolute atomic E-state index is 12.5. The molecule has 1 atom stereocenters. The topological polar surface area (TPSA) is 87.2 Å². The van der Waals surface area contributed by atoms with Crippen LogP contribution in [0.25, 0.3) is 0 Å². The first-order valence-corrected chi connectivity index (χ1v) is 8.78. The van der Waals surface area contributed by atoms with E-state index < -0.39 is 0 Å². The number of benzene rings is 1. The normalized spacial score (nSPS) is 16.3. The third kappa shape index (κ3) is 4.36. The number of likely N-dealkylation sites (tertiary alicyclic amines) is 1. The number of carbonyl (C=O) groups excluding carboxylic acids is 2. The number of amides is 2. The Hall–Kier alpha value is -2.96. The second-order valence-corrected chi connectivity index (χ2v) is 6.31. The van der Waals surface area contributed by atoms with Crippen molar-refractivity contribution in [1.29, 1.82) is 0 Å². The highest BCUT2D eigenvalue weighted by Crippen LogP contribution is 2.18. The van der Waals surface area contributed by atoms with E-state index in [0.717, 1.165) is 6.42 Å². The van der Waals surface area contributed by atoms with Crippen LogP contribution in [0.4, 0.5) is 5.95 Å². The van der Waals surface area contributed by atoms with Crippen LogP contribution in [0.1, 0.15) is 22.3 Å². The maximum Gasteiger partial charge on any atom is 0.257 e. The van der Waals surface area contributed by atoms with Crippen LogP contribution >= 0.6 is 0 Å². The quantitative estimate of drug-likeness (QED) is 0.818. The number of nitrogens with zero attached hydrogens (tertiary/aromatic N) is 3. The zero-order valence-electron chi connectivity index (χ0n) is 14.8. The predicted octanol–water partition coefficient (Wildman–Crippen LogP) is 1.34. The Morgan fingerprint density at radius 2 is 1.92 bits per heavy atom. The van der Waals surface area contributed by atoms with Crippen molar-refractivity contribution < 1.29 is 9.59 Å². The Morgan fingerprint density at radius 3 is 2.62 bits per heavy atom. The molecule has 2 amide bonds. The molecule has 0 saturated carbocycles. The molecule has 1 aliphatic heterocycles. The molecule has 0 unspecified atom stereocenters. The van der Waals surface area contributed by atoms with Gasteiger partial charge in [-0.15, -0.1) is 0 Å². The van der Waals surface area contributed by atoms with Gasteiger partial charge in [0.05, 0.1) is 11.5 Å². The Morgan fingerprint density at radius 1 is 1.19 bits per heavy atom. The number of aromatic nitrogens is 2. The van der Waals surface area contributed by atoms with E-state index in [-0.39, 0.29) is 17.7 Å². The highest BCUT2D eigenvalue weighted by molar-refractivity contribution is 5.94. The van der Waals surface area contributed by atoms with Gasteiger partial charge in [-0.2, -0.15) is 0 Å². The first-order chi connectivity index (χ1) is 12.7. The lowest BCUT2D eigenvalue weighted by Crippen LogP contribution is -2.35. The minimum atomic E-state index is -0.160. The SMILES string of the molecule is CNc1ncc(C(=O)N2CC[C@H](C(=O)NCCc3ccccc3)C2)cn1. The first-order valence-electron chi connectivity index (χ1n) is 8.78. The zero-order chi connectivity index (χ0) is 18.4. The molecule has 2 heterocycles. The minimum Gasteiger partial charge on any atom is -0.357 e. The fraction of sp³-hybridized carbons (Fsp3) is 0.368. The molecule has 2 N–H and O–H groups in total. The standard InChI is InChI=1S/C19H23N5O2/c1-20-19-22-11-16(12-23-19)18(26)24-10-8-15(13-24)17(25)21-9-7-14-5-3-2-4-6-14/h2-6,11-12,15H,7-10,13H2,1H3,(H,21,25)(H,20,22,23)/t15-/m0/s1. The summed E-state index contributed by atoms with van der Waals surface area (Å²) in [7, 11) is 1.72. The van der Waals surface area contributed by atoms with Crippen LogP contribution in [0.15, 0.2) is 42.7 Å². The van der Waals surface area contributed by atoms with E-state index in [4.69, 9.17) is 0 Å². The van der Waals surface area contributed by atoms with Gasteiger partial charge in [0.2, 0.25) is 11.9 Å². The second-order valence-electron chi connectivity index (χ2n) is 6.31. The van der Waals surface area contributed by atoms with Crippen molar-refractivity contribution in [3.63, 3.8) is 0 Å². The molecule has 1 aromatic heterocycles. The molecule has 3 rings (SSSR count). The molecule has 26 heavy (non-hydrogen) atoms. The fourth-order valence-electron chi connectivity index (χ4n) is 3.03. The Kier molecular flexibility index (Phi) is 5.78. The largest absolute Gasteiger partial charge is 0.357 e. The van der Waals surface area contributed by atoms with E-state index in [2.05, 4.69) is 20.6 Å². The van der Waals surface area contributed by atoms with Crippen LogP contribution in [-0.4, -0.2) is 53.4 Å². The van der Waals surface area contributed by atoms with Crippen molar-refractivity contribution in [3.05, 3.63) is 53.9 Å². The van der Waals surface area contributed by atoms with Gasteiger partial charge in [0.25, 0.3) is 5.91 Å². The Labute approximate surface area is 152 Å². The molecule has 2 aromatic rings. The third-order valence-electron chi connectivity index (χ3n) is 4.52. The van der Waals surface area contributed by atoms with Crippen molar-refractivity contribution in [3.8, 4) is 0 Å². The Balaban J connectivity index is 1.47. The third-order valence-corrected chi connectivity index (χ3v) is 4.52.